The van der Waals surface area contributed by atoms with Gasteiger partial charge in [0.1, 0.15) is 0 Å². The third-order valence-electron chi connectivity index (χ3n) is 5.51. The molecule has 0 aromatic heterocycles. The van der Waals surface area contributed by atoms with Crippen molar-refractivity contribution < 1.29 is 9.90 Å². The maximum Gasteiger partial charge on any atom is 0.335 e. The Hall–Kier alpha value is -2.68. The van der Waals surface area contributed by atoms with Crippen LogP contribution in [0.5, 0.6) is 0 Å². The van der Waals surface area contributed by atoms with Gasteiger partial charge in [0.25, 0.3) is 0 Å². The summed E-state index contributed by atoms with van der Waals surface area (Å²) < 4.78 is 0. The summed E-state index contributed by atoms with van der Waals surface area (Å²) in [5, 5.41) is 9.38. The Labute approximate surface area is 176 Å². The van der Waals surface area contributed by atoms with Gasteiger partial charge in [-0.1, -0.05) is 44.2 Å². The van der Waals surface area contributed by atoms with E-state index in [0.29, 0.717) is 5.56 Å². The summed E-state index contributed by atoms with van der Waals surface area (Å²) in [6.45, 7) is 16.1. The lowest BCUT2D eigenvalue weighted by Crippen LogP contribution is -2.11. The first-order valence-electron chi connectivity index (χ1n) is 10.3. The van der Waals surface area contributed by atoms with Crippen LogP contribution in [0, 0.1) is 27.7 Å². The van der Waals surface area contributed by atoms with Crippen molar-refractivity contribution in [3.63, 3.8) is 0 Å². The van der Waals surface area contributed by atoms with Gasteiger partial charge in [0.2, 0.25) is 0 Å². The van der Waals surface area contributed by atoms with Crippen LogP contribution in [0.1, 0.15) is 77.4 Å². The molecule has 2 aromatic carbocycles. The first-order chi connectivity index (χ1) is 13.8. The fourth-order valence-electron chi connectivity index (χ4n) is 3.59. The van der Waals surface area contributed by atoms with E-state index in [1.54, 1.807) is 6.07 Å². The van der Waals surface area contributed by atoms with Gasteiger partial charge in [0.05, 0.1) is 5.56 Å². The zero-order valence-electron chi connectivity index (χ0n) is 19.1. The van der Waals surface area contributed by atoms with Crippen molar-refractivity contribution in [2.45, 2.75) is 67.7 Å². The van der Waals surface area contributed by atoms with Crippen molar-refractivity contribution in [3.05, 3.63) is 81.0 Å². The molecule has 1 atom stereocenters. The van der Waals surface area contributed by atoms with Gasteiger partial charge in [-0.05, 0) is 87.4 Å². The Morgan fingerprint density at radius 3 is 2.21 bits per heavy atom. The van der Waals surface area contributed by atoms with Crippen molar-refractivity contribution in [3.8, 4) is 0 Å². The number of benzene rings is 2. The Bertz CT molecular complexity index is 907. The van der Waals surface area contributed by atoms with Gasteiger partial charge in [-0.25, -0.2) is 4.79 Å². The predicted molar refractivity (Wildman–Crippen MR) is 125 cm³/mol. The fraction of sp³-hybridized carbons (Fsp3) is 0.385. The number of hydrogen-bond donors (Lipinski definition) is 1. The smallest absolute Gasteiger partial charge is 0.335 e. The monoisotopic (exact) mass is 393 g/mol. The highest BCUT2D eigenvalue weighted by molar-refractivity contribution is 5.89. The van der Waals surface area contributed by atoms with Crippen molar-refractivity contribution in [2.24, 2.45) is 4.99 Å². The first-order valence-corrected chi connectivity index (χ1v) is 10.3. The Balaban J connectivity index is 0.00000204. The van der Waals surface area contributed by atoms with Crippen LogP contribution in [0.2, 0.25) is 0 Å². The molecule has 0 radical (unpaired) electrons. The van der Waals surface area contributed by atoms with Crippen LogP contribution in [-0.2, 0) is 6.42 Å². The SMILES string of the molecule is CC.CC=N/C(=C\C)C(Cc1ccc(C(=O)O)c(C)c1C)c1cccc(C)c1C. The molecule has 3 nitrogen and oxygen atoms in total. The van der Waals surface area contributed by atoms with Gasteiger partial charge in [-0.3, -0.25) is 4.99 Å². The molecule has 3 heteroatoms. The summed E-state index contributed by atoms with van der Waals surface area (Å²) in [6.07, 6.45) is 4.69. The topological polar surface area (TPSA) is 49.7 Å². The molecule has 0 amide bonds. The molecule has 1 unspecified atom stereocenters. The summed E-state index contributed by atoms with van der Waals surface area (Å²) in [5.41, 5.74) is 8.26. The Morgan fingerprint density at radius 1 is 1.00 bits per heavy atom. The van der Waals surface area contributed by atoms with Crippen molar-refractivity contribution in [1.82, 2.24) is 0 Å². The molecule has 0 fully saturated rings. The molecule has 1 N–H and O–H groups in total. The van der Waals surface area contributed by atoms with Gasteiger partial charge in [0.15, 0.2) is 0 Å². The van der Waals surface area contributed by atoms with Crippen LogP contribution < -0.4 is 0 Å². The Kier molecular flexibility index (Phi) is 9.54. The molecule has 156 valence electrons. The molecule has 0 aliphatic rings. The molecular formula is C26H35NO2. The number of allylic oxidation sites excluding steroid dienone is 2. The van der Waals surface area contributed by atoms with Crippen LogP contribution in [-0.4, -0.2) is 17.3 Å². The van der Waals surface area contributed by atoms with Gasteiger partial charge in [-0.15, -0.1) is 0 Å². The summed E-state index contributed by atoms with van der Waals surface area (Å²) >= 11 is 0. The Morgan fingerprint density at radius 2 is 1.66 bits per heavy atom. The van der Waals surface area contributed by atoms with E-state index in [-0.39, 0.29) is 5.92 Å². The van der Waals surface area contributed by atoms with E-state index >= 15 is 0 Å². The third kappa shape index (κ3) is 5.66. The summed E-state index contributed by atoms with van der Waals surface area (Å²) in [7, 11) is 0. The molecule has 0 saturated carbocycles. The van der Waals surface area contributed by atoms with Gasteiger partial charge in [0, 0.05) is 17.8 Å². The summed E-state index contributed by atoms with van der Waals surface area (Å²) in [4.78, 5) is 16.0. The minimum atomic E-state index is -0.877. The van der Waals surface area contributed by atoms with Crippen LogP contribution in [0.15, 0.2) is 47.1 Å². The average Bonchev–Trinajstić information content (AvgIpc) is 2.71. The number of carboxylic acids is 1. The average molecular weight is 394 g/mol. The quantitative estimate of drug-likeness (QED) is 0.539. The van der Waals surface area contributed by atoms with Gasteiger partial charge >= 0.3 is 5.97 Å². The number of aryl methyl sites for hydroxylation is 1. The zero-order chi connectivity index (χ0) is 22.1. The standard InChI is InChI=1S/C24H29NO2.C2H6/c1-7-23(25-8-2)22(20-11-9-10-15(3)16(20)4)14-19-12-13-21(24(26)27)18(6)17(19)5;1-2/h7-13,22H,14H2,1-6H3,(H,26,27);1-2H3/b23-7-,25-8?;. The van der Waals surface area contributed by atoms with Crippen molar-refractivity contribution in [2.75, 3.05) is 0 Å². The molecule has 0 saturated heterocycles. The highest BCUT2D eigenvalue weighted by atomic mass is 16.4. The lowest BCUT2D eigenvalue weighted by Gasteiger charge is -2.23. The van der Waals surface area contributed by atoms with E-state index < -0.39 is 5.97 Å². The third-order valence-corrected chi connectivity index (χ3v) is 5.51. The molecule has 0 heterocycles. The lowest BCUT2D eigenvalue weighted by molar-refractivity contribution is 0.0696. The number of aliphatic imine (C=N–C) groups is 1. The molecule has 29 heavy (non-hydrogen) atoms. The molecule has 2 rings (SSSR count). The normalized spacial score (nSPS) is 12.5. The van der Waals surface area contributed by atoms with Crippen LogP contribution in [0.4, 0.5) is 0 Å². The van der Waals surface area contributed by atoms with Crippen LogP contribution >= 0.6 is 0 Å². The molecule has 0 spiro atoms. The minimum Gasteiger partial charge on any atom is -0.478 e. The van der Waals surface area contributed by atoms with E-state index in [1.807, 2.05) is 53.8 Å². The maximum atomic E-state index is 11.4. The van der Waals surface area contributed by atoms with E-state index in [1.165, 1.54) is 16.7 Å². The van der Waals surface area contributed by atoms with Crippen molar-refractivity contribution >= 4 is 12.2 Å². The van der Waals surface area contributed by atoms with E-state index in [2.05, 4.69) is 43.1 Å². The van der Waals surface area contributed by atoms with E-state index in [4.69, 9.17) is 0 Å². The van der Waals surface area contributed by atoms with Gasteiger partial charge < -0.3 is 5.11 Å². The number of carbonyl (C=O) groups is 1. The minimum absolute atomic E-state index is 0.125. The fourth-order valence-corrected chi connectivity index (χ4v) is 3.59. The summed E-state index contributed by atoms with van der Waals surface area (Å²) in [5.74, 6) is -0.752. The number of hydrogen-bond acceptors (Lipinski definition) is 2. The second-order valence-corrected chi connectivity index (χ2v) is 6.97. The van der Waals surface area contributed by atoms with E-state index in [9.17, 15) is 9.90 Å². The number of carboxylic acid groups (broad SMARTS) is 1. The van der Waals surface area contributed by atoms with Crippen LogP contribution in [0.3, 0.4) is 0 Å². The summed E-state index contributed by atoms with van der Waals surface area (Å²) in [6, 6.07) is 10.1. The molecule has 0 bridgehead atoms. The van der Waals surface area contributed by atoms with Crippen LogP contribution in [0.25, 0.3) is 0 Å². The van der Waals surface area contributed by atoms with E-state index in [0.717, 1.165) is 28.8 Å². The highest BCUT2D eigenvalue weighted by Gasteiger charge is 2.21. The maximum absolute atomic E-state index is 11.4. The van der Waals surface area contributed by atoms with Crippen molar-refractivity contribution in [1.29, 1.82) is 0 Å². The highest BCUT2D eigenvalue weighted by Crippen LogP contribution is 2.34. The second-order valence-electron chi connectivity index (χ2n) is 6.97. The number of aromatic carboxylic acids is 1. The number of nitrogens with zero attached hydrogens (tertiary/aromatic N) is 1. The predicted octanol–water partition coefficient (Wildman–Crippen LogP) is 6.97. The number of rotatable bonds is 6. The molecular weight excluding hydrogens is 358 g/mol. The molecule has 0 aliphatic heterocycles. The largest absolute Gasteiger partial charge is 0.478 e. The van der Waals surface area contributed by atoms with Gasteiger partial charge in [-0.2, -0.15) is 0 Å². The lowest BCUT2D eigenvalue weighted by atomic mass is 9.83. The zero-order valence-corrected chi connectivity index (χ0v) is 19.1. The molecule has 0 aliphatic carbocycles. The molecule has 2 aromatic rings. The first kappa shape index (κ1) is 24.4. The second kappa shape index (κ2) is 11.4.